The molecule has 1 N–H and O–H groups in total. The van der Waals surface area contributed by atoms with Crippen LogP contribution in [0.25, 0.3) is 11.5 Å². The Kier molecular flexibility index (Phi) is 5.82. The van der Waals surface area contributed by atoms with Crippen molar-refractivity contribution in [3.8, 4) is 11.5 Å². The van der Waals surface area contributed by atoms with Gasteiger partial charge in [0.15, 0.2) is 5.76 Å². The van der Waals surface area contributed by atoms with Crippen molar-refractivity contribution in [2.45, 2.75) is 46.1 Å². The Morgan fingerprint density at radius 2 is 1.90 bits per heavy atom. The Labute approximate surface area is 169 Å². The number of benzene rings is 1. The van der Waals surface area contributed by atoms with Crippen molar-refractivity contribution < 1.29 is 18.0 Å². The lowest BCUT2D eigenvalue weighted by molar-refractivity contribution is 0.0164. The zero-order valence-corrected chi connectivity index (χ0v) is 16.9. The lowest BCUT2D eigenvalue weighted by atomic mass is 10.0. The van der Waals surface area contributed by atoms with Gasteiger partial charge in [0.1, 0.15) is 11.5 Å². The predicted molar refractivity (Wildman–Crippen MR) is 108 cm³/mol. The van der Waals surface area contributed by atoms with Gasteiger partial charge in [-0.25, -0.2) is 13.8 Å². The fourth-order valence-electron chi connectivity index (χ4n) is 3.06. The van der Waals surface area contributed by atoms with E-state index in [1.807, 2.05) is 32.9 Å². The maximum absolute atomic E-state index is 13.8. The Balaban J connectivity index is 1.87. The monoisotopic (exact) mass is 398 g/mol. The molecule has 0 saturated heterocycles. The van der Waals surface area contributed by atoms with E-state index in [2.05, 4.69) is 10.3 Å². The molecule has 0 aliphatic heterocycles. The van der Waals surface area contributed by atoms with Gasteiger partial charge in [0.05, 0.1) is 0 Å². The summed E-state index contributed by atoms with van der Waals surface area (Å²) >= 11 is 0. The molecule has 0 atom stereocenters. The molecule has 3 aromatic rings. The molecule has 0 spiro atoms. The van der Waals surface area contributed by atoms with E-state index in [1.54, 1.807) is 30.3 Å². The van der Waals surface area contributed by atoms with Crippen LogP contribution in [0.15, 0.2) is 52.9 Å². The van der Waals surface area contributed by atoms with Gasteiger partial charge in [-0.2, -0.15) is 0 Å². The van der Waals surface area contributed by atoms with Gasteiger partial charge in [0.25, 0.3) is 11.8 Å². The fourth-order valence-corrected chi connectivity index (χ4v) is 3.06. The molecule has 1 aromatic carbocycles. The molecule has 0 aliphatic carbocycles. The number of hydrogen-bond acceptors (Lipinski definition) is 3. The minimum absolute atomic E-state index is 0.00691. The first-order chi connectivity index (χ1) is 13.6. The van der Waals surface area contributed by atoms with Crippen molar-refractivity contribution in [3.63, 3.8) is 0 Å². The molecule has 3 rings (SSSR count). The molecule has 4 nitrogen and oxygen atoms in total. The van der Waals surface area contributed by atoms with Gasteiger partial charge >= 0.3 is 0 Å². The Hall–Kier alpha value is -3.02. The molecule has 0 radical (unpaired) electrons. The maximum Gasteiger partial charge on any atom is 0.270 e. The van der Waals surface area contributed by atoms with Crippen LogP contribution in [0.5, 0.6) is 0 Å². The summed E-state index contributed by atoms with van der Waals surface area (Å²) in [5.74, 6) is -1.90. The molecule has 29 heavy (non-hydrogen) atoms. The van der Waals surface area contributed by atoms with Crippen LogP contribution in [0.1, 0.15) is 59.6 Å². The lowest BCUT2D eigenvalue weighted by Gasteiger charge is -2.16. The maximum atomic E-state index is 13.8. The van der Waals surface area contributed by atoms with E-state index in [0.717, 1.165) is 18.4 Å². The largest absolute Gasteiger partial charge is 0.460 e. The van der Waals surface area contributed by atoms with E-state index in [9.17, 15) is 13.6 Å². The average Bonchev–Trinajstić information content (AvgIpc) is 3.11. The number of amides is 1. The average molecular weight is 398 g/mol. The van der Waals surface area contributed by atoms with E-state index in [0.29, 0.717) is 22.6 Å². The number of nitrogens with one attached hydrogen (secondary N) is 1. The Bertz CT molecular complexity index is 1020. The summed E-state index contributed by atoms with van der Waals surface area (Å²) in [7, 11) is 0. The number of aryl methyl sites for hydroxylation is 1. The topological polar surface area (TPSA) is 55.1 Å². The minimum Gasteiger partial charge on any atom is -0.460 e. The normalized spacial score (nSPS) is 11.7. The molecule has 0 unspecified atom stereocenters. The molecule has 2 aromatic heterocycles. The van der Waals surface area contributed by atoms with E-state index in [-0.39, 0.29) is 23.9 Å². The summed E-state index contributed by atoms with van der Waals surface area (Å²) in [5.41, 5.74) is 2.02. The number of pyridine rings is 1. The van der Waals surface area contributed by atoms with E-state index in [4.69, 9.17) is 4.42 Å². The zero-order valence-electron chi connectivity index (χ0n) is 16.9. The highest BCUT2D eigenvalue weighted by Crippen LogP contribution is 2.30. The van der Waals surface area contributed by atoms with Crippen LogP contribution in [-0.4, -0.2) is 10.9 Å². The van der Waals surface area contributed by atoms with E-state index < -0.39 is 5.92 Å². The second kappa shape index (κ2) is 8.15. The lowest BCUT2D eigenvalue weighted by Crippen LogP contribution is -2.25. The number of alkyl halides is 2. The van der Waals surface area contributed by atoms with Crippen LogP contribution in [0.4, 0.5) is 8.78 Å². The van der Waals surface area contributed by atoms with Crippen LogP contribution in [0.2, 0.25) is 0 Å². The van der Waals surface area contributed by atoms with Crippen molar-refractivity contribution >= 4 is 5.91 Å². The molecule has 2 heterocycles. The van der Waals surface area contributed by atoms with Crippen molar-refractivity contribution in [1.29, 1.82) is 0 Å². The molecular formula is C23H24F2N2O2. The molecular weight excluding hydrogens is 374 g/mol. The molecule has 1 amide bonds. The highest BCUT2D eigenvalue weighted by atomic mass is 19.3. The van der Waals surface area contributed by atoms with Gasteiger partial charge in [-0.3, -0.25) is 4.79 Å². The third-order valence-corrected chi connectivity index (χ3v) is 4.62. The molecule has 0 aliphatic rings. The molecule has 0 fully saturated rings. The fraction of sp³-hybridized carbons (Fsp3) is 0.304. The standard InChI is InChI=1S/C23H24F2N2O2/c1-14(2)19-11-17(12-20(27-19)21-10-9-15(3)29-21)22(28)26-13-16-7-5-6-8-18(16)23(4,24)25/h5-12,14H,13H2,1-4H3,(H,26,28). The van der Waals surface area contributed by atoms with Crippen molar-refractivity contribution in [3.05, 3.63) is 76.7 Å². The quantitative estimate of drug-likeness (QED) is 0.570. The van der Waals surface area contributed by atoms with E-state index in [1.165, 1.54) is 6.07 Å². The molecule has 152 valence electrons. The van der Waals surface area contributed by atoms with Gasteiger partial charge in [0, 0.05) is 30.3 Å². The van der Waals surface area contributed by atoms with E-state index >= 15 is 0 Å². The Morgan fingerprint density at radius 3 is 2.52 bits per heavy atom. The third-order valence-electron chi connectivity index (χ3n) is 4.62. The van der Waals surface area contributed by atoms with Crippen LogP contribution in [-0.2, 0) is 12.5 Å². The van der Waals surface area contributed by atoms with Gasteiger partial charge < -0.3 is 9.73 Å². The summed E-state index contributed by atoms with van der Waals surface area (Å²) in [6, 6.07) is 13.2. The number of rotatable bonds is 6. The predicted octanol–water partition coefficient (Wildman–Crippen LogP) is 5.82. The van der Waals surface area contributed by atoms with Crippen LogP contribution < -0.4 is 5.32 Å². The van der Waals surface area contributed by atoms with Crippen molar-refractivity contribution in [2.24, 2.45) is 0 Å². The first-order valence-electron chi connectivity index (χ1n) is 9.48. The number of hydrogen-bond donors (Lipinski definition) is 1. The second-order valence-corrected chi connectivity index (χ2v) is 7.46. The number of nitrogens with zero attached hydrogens (tertiary/aromatic N) is 1. The summed E-state index contributed by atoms with van der Waals surface area (Å²) < 4.78 is 33.3. The first-order valence-corrected chi connectivity index (χ1v) is 9.48. The summed E-state index contributed by atoms with van der Waals surface area (Å²) in [6.07, 6.45) is 0. The number of furan rings is 1. The van der Waals surface area contributed by atoms with Crippen LogP contribution >= 0.6 is 0 Å². The van der Waals surface area contributed by atoms with Crippen LogP contribution in [0, 0.1) is 6.92 Å². The smallest absolute Gasteiger partial charge is 0.270 e. The summed E-state index contributed by atoms with van der Waals surface area (Å²) in [4.78, 5) is 17.4. The van der Waals surface area contributed by atoms with Gasteiger partial charge in [-0.15, -0.1) is 0 Å². The minimum atomic E-state index is -2.98. The number of halogens is 2. The van der Waals surface area contributed by atoms with Gasteiger partial charge in [-0.1, -0.05) is 38.1 Å². The van der Waals surface area contributed by atoms with Gasteiger partial charge in [0.2, 0.25) is 0 Å². The molecule has 6 heteroatoms. The Morgan fingerprint density at radius 1 is 1.17 bits per heavy atom. The highest BCUT2D eigenvalue weighted by molar-refractivity contribution is 5.95. The summed E-state index contributed by atoms with van der Waals surface area (Å²) in [5, 5.41) is 2.75. The van der Waals surface area contributed by atoms with Crippen molar-refractivity contribution in [2.75, 3.05) is 0 Å². The zero-order chi connectivity index (χ0) is 21.2. The SMILES string of the molecule is Cc1ccc(-c2cc(C(=O)NCc3ccccc3C(C)(F)F)cc(C(C)C)n2)o1. The second-order valence-electron chi connectivity index (χ2n) is 7.46. The first kappa shape index (κ1) is 20.7. The molecule has 0 saturated carbocycles. The summed E-state index contributed by atoms with van der Waals surface area (Å²) in [6.45, 7) is 6.67. The third kappa shape index (κ3) is 4.88. The highest BCUT2D eigenvalue weighted by Gasteiger charge is 2.27. The number of carbonyl (C=O) groups is 1. The van der Waals surface area contributed by atoms with Gasteiger partial charge in [-0.05, 0) is 42.7 Å². The number of carbonyl (C=O) groups excluding carboxylic acids is 1. The number of aromatic nitrogens is 1. The molecule has 0 bridgehead atoms. The van der Waals surface area contributed by atoms with Crippen molar-refractivity contribution in [1.82, 2.24) is 10.3 Å². The van der Waals surface area contributed by atoms with Crippen LogP contribution in [0.3, 0.4) is 0 Å².